The lowest BCUT2D eigenvalue weighted by molar-refractivity contribution is -0.134. The Kier molecular flexibility index (Phi) is 14.6. The Hall–Kier alpha value is -7.17. The van der Waals surface area contributed by atoms with Crippen molar-refractivity contribution in [3.05, 3.63) is 125 Å². The van der Waals surface area contributed by atoms with Crippen molar-refractivity contribution in [1.82, 2.24) is 30.0 Å². The highest BCUT2D eigenvalue weighted by atomic mass is 32.1. The number of piperazine rings is 1. The molecule has 3 aliphatic heterocycles. The average Bonchev–Trinajstić information content (AvgIpc) is 4.11. The van der Waals surface area contributed by atoms with E-state index < -0.39 is 17.5 Å². The molecule has 3 aromatic heterocycles. The SMILES string of the molecule is Cc1c(OC2CCC(CC[C@H](C)N3CCN(c4ccc5c([C@@H]6CCC(=O)NC6=O)nn(C)c5c4)CC3)CC2)cccc1-c1ccc(N2CCc3cccc(C(=O)Nc4nc5ccccc5s4)c3C2)nc1C(=O)OC(C)(C)C. The number of benzene rings is 4. The van der Waals surface area contributed by atoms with Crippen LogP contribution in [-0.4, -0.2) is 98.8 Å². The minimum atomic E-state index is -0.734. The maximum atomic E-state index is 14.1. The summed E-state index contributed by atoms with van der Waals surface area (Å²) >= 11 is 1.45. The second-order valence-corrected chi connectivity index (χ2v) is 23.5. The van der Waals surface area contributed by atoms with Crippen molar-refractivity contribution < 1.29 is 28.7 Å². The monoisotopic (exact) mass is 1060 g/mol. The molecular weight excluding hydrogens is 987 g/mol. The van der Waals surface area contributed by atoms with Gasteiger partial charge in [-0.3, -0.25) is 34.6 Å². The quantitative estimate of drug-likeness (QED) is 0.0831. The van der Waals surface area contributed by atoms with Crippen LogP contribution >= 0.6 is 11.3 Å². The first kappa shape index (κ1) is 51.9. The van der Waals surface area contributed by atoms with Gasteiger partial charge in [0.2, 0.25) is 11.8 Å². The topological polar surface area (TPSA) is 164 Å². The van der Waals surface area contributed by atoms with Gasteiger partial charge in [0, 0.05) is 81.0 Å². The van der Waals surface area contributed by atoms with Gasteiger partial charge in [-0.15, -0.1) is 0 Å². The molecule has 3 amide bonds. The number of hydrogen-bond acceptors (Lipinski definition) is 13. The molecule has 6 heterocycles. The van der Waals surface area contributed by atoms with E-state index in [4.69, 9.17) is 19.6 Å². The maximum Gasteiger partial charge on any atom is 0.358 e. The maximum absolute atomic E-state index is 14.1. The van der Waals surface area contributed by atoms with Gasteiger partial charge < -0.3 is 19.3 Å². The Labute approximate surface area is 454 Å². The first-order valence-corrected chi connectivity index (χ1v) is 28.3. The number of pyridine rings is 1. The van der Waals surface area contributed by atoms with Gasteiger partial charge >= 0.3 is 5.97 Å². The lowest BCUT2D eigenvalue weighted by atomic mass is 9.83. The average molecular weight is 1060 g/mol. The lowest BCUT2D eigenvalue weighted by Crippen LogP contribution is -2.49. The van der Waals surface area contributed by atoms with Gasteiger partial charge in [0.1, 0.15) is 17.2 Å². The number of esters is 1. The number of piperidine rings is 1. The number of thiazole rings is 1. The number of anilines is 3. The highest BCUT2D eigenvalue weighted by molar-refractivity contribution is 7.22. The molecule has 15 nitrogen and oxygen atoms in total. The van der Waals surface area contributed by atoms with E-state index in [1.165, 1.54) is 29.9 Å². The first-order chi connectivity index (χ1) is 37.1. The van der Waals surface area contributed by atoms with E-state index in [2.05, 4.69) is 68.4 Å². The number of aryl methyl sites for hydroxylation is 1. The fourth-order valence-electron chi connectivity index (χ4n) is 11.9. The molecule has 77 heavy (non-hydrogen) atoms. The Morgan fingerprint density at radius 3 is 2.42 bits per heavy atom. The molecule has 1 saturated carbocycles. The molecule has 400 valence electrons. The fraction of sp³-hybridized carbons (Fsp3) is 0.426. The van der Waals surface area contributed by atoms with Gasteiger partial charge in [-0.05, 0) is 169 Å². The zero-order chi connectivity index (χ0) is 53.5. The molecule has 11 rings (SSSR count). The van der Waals surface area contributed by atoms with E-state index in [1.807, 2.05) is 99.2 Å². The number of nitrogens with one attached hydrogen (secondary N) is 2. The third-order valence-electron chi connectivity index (χ3n) is 16.2. The Balaban J connectivity index is 0.699. The van der Waals surface area contributed by atoms with Crippen LogP contribution in [-0.2, 0) is 34.3 Å². The molecular formula is C61H69N9O6S. The van der Waals surface area contributed by atoms with Gasteiger partial charge in [0.15, 0.2) is 10.8 Å². The standard InChI is InChI=1S/C61H69N9O6S/c1-37(68-31-33-69(34-32-68)41-21-24-46-50(35-41)67(6)66-55(46)47-26-28-54(71)64-58(47)73)17-18-39-19-22-42(23-20-39)75-51-15-10-12-43(38(51)2)44-25-27-53(63-56(44)59(74)76-61(3,4)5)70-30-29-40-11-9-13-45(48(40)36-70)57(72)65-60-62-49-14-7-8-16-52(49)77-60/h7-16,21,24-25,27,35,37,39,42,47H,17-20,22-23,26,28-34,36H2,1-6H3,(H,62,65,72)(H,64,71,73)/t37-,39?,42?,47-/m0/s1. The predicted molar refractivity (Wildman–Crippen MR) is 303 cm³/mol. The molecule has 0 radical (unpaired) electrons. The van der Waals surface area contributed by atoms with Gasteiger partial charge in [0.05, 0.1) is 33.4 Å². The zero-order valence-electron chi connectivity index (χ0n) is 45.1. The van der Waals surface area contributed by atoms with Crippen LogP contribution in [0.3, 0.4) is 0 Å². The van der Waals surface area contributed by atoms with Crippen molar-refractivity contribution in [3.8, 4) is 16.9 Å². The summed E-state index contributed by atoms with van der Waals surface area (Å²) in [4.78, 5) is 69.3. The molecule has 3 fully saturated rings. The van der Waals surface area contributed by atoms with E-state index in [0.29, 0.717) is 66.4 Å². The number of amides is 3. The van der Waals surface area contributed by atoms with E-state index in [-0.39, 0.29) is 29.5 Å². The third-order valence-corrected chi connectivity index (χ3v) is 17.2. The number of rotatable bonds is 13. The molecule has 1 aliphatic carbocycles. The summed E-state index contributed by atoms with van der Waals surface area (Å²) in [5.41, 5.74) is 8.43. The highest BCUT2D eigenvalue weighted by Crippen LogP contribution is 2.39. The Morgan fingerprint density at radius 1 is 0.844 bits per heavy atom. The number of aromatic nitrogens is 4. The van der Waals surface area contributed by atoms with Crippen LogP contribution in [0, 0.1) is 12.8 Å². The van der Waals surface area contributed by atoms with Crippen LogP contribution in [0.4, 0.5) is 16.6 Å². The van der Waals surface area contributed by atoms with E-state index in [1.54, 1.807) is 0 Å². The van der Waals surface area contributed by atoms with Gasteiger partial charge in [-0.2, -0.15) is 5.10 Å². The number of carbonyl (C=O) groups is 4. The smallest absolute Gasteiger partial charge is 0.358 e. The molecule has 4 aliphatic rings. The number of nitrogens with zero attached hydrogens (tertiary/aromatic N) is 7. The van der Waals surface area contributed by atoms with Gasteiger partial charge in [-0.1, -0.05) is 47.7 Å². The van der Waals surface area contributed by atoms with Crippen molar-refractivity contribution in [2.24, 2.45) is 13.0 Å². The van der Waals surface area contributed by atoms with Crippen LogP contribution in [0.25, 0.3) is 32.2 Å². The second-order valence-electron chi connectivity index (χ2n) is 22.5. The molecule has 0 unspecified atom stereocenters. The van der Waals surface area contributed by atoms with Crippen LogP contribution in [0.2, 0.25) is 0 Å². The molecule has 2 atom stereocenters. The molecule has 4 aromatic carbocycles. The Bertz CT molecular complexity index is 3350. The van der Waals surface area contributed by atoms with Crippen molar-refractivity contribution in [2.75, 3.05) is 47.8 Å². The van der Waals surface area contributed by atoms with Gasteiger partial charge in [-0.25, -0.2) is 14.8 Å². The summed E-state index contributed by atoms with van der Waals surface area (Å²) < 4.78 is 15.7. The number of fused-ring (bicyclic) bond motifs is 3. The van der Waals surface area contributed by atoms with Crippen LogP contribution in [0.1, 0.15) is 128 Å². The molecule has 0 bridgehead atoms. The van der Waals surface area contributed by atoms with Crippen molar-refractivity contribution in [3.63, 3.8) is 0 Å². The predicted octanol–water partition coefficient (Wildman–Crippen LogP) is 10.8. The summed E-state index contributed by atoms with van der Waals surface area (Å²) in [7, 11) is 1.92. The highest BCUT2D eigenvalue weighted by Gasteiger charge is 2.33. The zero-order valence-corrected chi connectivity index (χ0v) is 45.9. The van der Waals surface area contributed by atoms with E-state index in [0.717, 1.165) is 107 Å². The molecule has 2 N–H and O–H groups in total. The second kappa shape index (κ2) is 21.7. The van der Waals surface area contributed by atoms with E-state index >= 15 is 0 Å². The molecule has 2 saturated heterocycles. The number of imide groups is 1. The number of para-hydroxylation sites is 1. The van der Waals surface area contributed by atoms with Crippen molar-refractivity contribution >= 4 is 72.8 Å². The van der Waals surface area contributed by atoms with Crippen LogP contribution in [0.5, 0.6) is 5.75 Å². The largest absolute Gasteiger partial charge is 0.490 e. The molecule has 7 aromatic rings. The minimum absolute atomic E-state index is 0.112. The van der Waals surface area contributed by atoms with Crippen LogP contribution in [0.15, 0.2) is 91.0 Å². The van der Waals surface area contributed by atoms with Crippen molar-refractivity contribution in [2.45, 2.75) is 123 Å². The molecule has 16 heteroatoms. The van der Waals surface area contributed by atoms with Crippen molar-refractivity contribution in [1.29, 1.82) is 0 Å². The van der Waals surface area contributed by atoms with Gasteiger partial charge in [0.25, 0.3) is 5.91 Å². The summed E-state index contributed by atoms with van der Waals surface area (Å²) in [6.45, 7) is 15.1. The first-order valence-electron chi connectivity index (χ1n) is 27.5. The normalized spacial score (nSPS) is 19.7. The number of hydrogen-bond donors (Lipinski definition) is 2. The summed E-state index contributed by atoms with van der Waals surface area (Å²) in [5, 5.41) is 11.8. The summed E-state index contributed by atoms with van der Waals surface area (Å²) in [6, 6.07) is 30.7. The fourth-order valence-corrected chi connectivity index (χ4v) is 12.8. The summed E-state index contributed by atoms with van der Waals surface area (Å²) in [6.07, 6.45) is 8.30. The lowest BCUT2D eigenvalue weighted by Gasteiger charge is -2.39. The number of carbonyl (C=O) groups excluding carboxylic acids is 4. The molecule has 0 spiro atoms. The van der Waals surface area contributed by atoms with Crippen LogP contribution < -0.4 is 25.2 Å². The van der Waals surface area contributed by atoms with E-state index in [9.17, 15) is 19.2 Å². The summed E-state index contributed by atoms with van der Waals surface area (Å²) in [5.74, 6) is 0.546. The number of ether oxygens (including phenoxy) is 2. The Morgan fingerprint density at radius 2 is 1.64 bits per heavy atom. The third kappa shape index (κ3) is 11.2. The minimum Gasteiger partial charge on any atom is -0.490 e.